The van der Waals surface area contributed by atoms with Gasteiger partial charge in [-0.05, 0) is 11.1 Å². The predicted octanol–water partition coefficient (Wildman–Crippen LogP) is 2.75. The fraction of sp³-hybridized carbons (Fsp3) is 0.269. The van der Waals surface area contributed by atoms with Crippen LogP contribution in [-0.4, -0.2) is 49.0 Å². The number of H-pyrrole nitrogens is 1. The van der Waals surface area contributed by atoms with Crippen molar-refractivity contribution < 1.29 is 9.90 Å². The number of benzene rings is 2. The van der Waals surface area contributed by atoms with Crippen molar-refractivity contribution in [2.24, 2.45) is 0 Å². The molecule has 0 fully saturated rings. The monoisotopic (exact) mass is 456 g/mol. The number of carbonyl (C=O) groups is 1. The first-order chi connectivity index (χ1) is 16.7. The summed E-state index contributed by atoms with van der Waals surface area (Å²) in [5.41, 5.74) is 6.69. The number of aliphatic hydroxyl groups is 1. The van der Waals surface area contributed by atoms with E-state index in [0.29, 0.717) is 25.3 Å². The van der Waals surface area contributed by atoms with Crippen molar-refractivity contribution >= 4 is 5.91 Å². The van der Waals surface area contributed by atoms with Crippen molar-refractivity contribution in [1.29, 1.82) is 0 Å². The Morgan fingerprint density at radius 2 is 1.85 bits per heavy atom. The Morgan fingerprint density at radius 1 is 1.09 bits per heavy atom. The van der Waals surface area contributed by atoms with E-state index in [1.807, 2.05) is 54.7 Å². The van der Waals surface area contributed by atoms with Gasteiger partial charge in [0.05, 0.1) is 25.0 Å². The van der Waals surface area contributed by atoms with Gasteiger partial charge >= 0.3 is 0 Å². The molecule has 34 heavy (non-hydrogen) atoms. The van der Waals surface area contributed by atoms with Crippen molar-refractivity contribution in [3.05, 3.63) is 94.9 Å². The summed E-state index contributed by atoms with van der Waals surface area (Å²) in [6, 6.07) is 20.0. The lowest BCUT2D eigenvalue weighted by Gasteiger charge is -2.27. The number of fused-ring (bicyclic) bond motifs is 1. The molecule has 4 aromatic rings. The summed E-state index contributed by atoms with van der Waals surface area (Å²) in [5.74, 6) is -0.188. The Kier molecular flexibility index (Phi) is 6.51. The number of carbonyl (C=O) groups excluding carboxylic acids is 1. The number of rotatable bonds is 8. The molecule has 0 bridgehead atoms. The summed E-state index contributed by atoms with van der Waals surface area (Å²) in [6.45, 7) is 2.99. The second-order valence-corrected chi connectivity index (χ2v) is 8.49. The van der Waals surface area contributed by atoms with Crippen LogP contribution in [0, 0.1) is 0 Å². The number of amides is 1. The maximum absolute atomic E-state index is 13.1. The van der Waals surface area contributed by atoms with Crippen LogP contribution in [-0.2, 0) is 32.6 Å². The van der Waals surface area contributed by atoms with Crippen LogP contribution in [0.1, 0.15) is 32.9 Å². The zero-order valence-corrected chi connectivity index (χ0v) is 18.9. The van der Waals surface area contributed by atoms with Gasteiger partial charge in [0.1, 0.15) is 0 Å². The number of hydrogen-bond acceptors (Lipinski definition) is 5. The highest BCUT2D eigenvalue weighted by Crippen LogP contribution is 2.27. The summed E-state index contributed by atoms with van der Waals surface area (Å²) in [5, 5.41) is 24.5. The van der Waals surface area contributed by atoms with Gasteiger partial charge in [0.25, 0.3) is 5.91 Å². The normalized spacial score (nSPS) is 13.6. The van der Waals surface area contributed by atoms with E-state index in [2.05, 4.69) is 37.6 Å². The van der Waals surface area contributed by atoms with Crippen LogP contribution in [0.3, 0.4) is 0 Å². The molecule has 0 atom stereocenters. The number of aromatic nitrogens is 4. The topological polar surface area (TPSA) is 99.1 Å². The van der Waals surface area contributed by atoms with Gasteiger partial charge in [-0.15, -0.1) is 0 Å². The molecule has 0 aliphatic carbocycles. The minimum atomic E-state index is -0.188. The predicted molar refractivity (Wildman–Crippen MR) is 129 cm³/mol. The molecule has 0 saturated heterocycles. The highest BCUT2D eigenvalue weighted by Gasteiger charge is 2.28. The summed E-state index contributed by atoms with van der Waals surface area (Å²) in [6.07, 6.45) is 2.65. The van der Waals surface area contributed by atoms with E-state index in [4.69, 9.17) is 0 Å². The maximum Gasteiger partial charge on any atom is 0.272 e. The first kappa shape index (κ1) is 22.1. The molecule has 3 N–H and O–H groups in total. The molecular weight excluding hydrogens is 428 g/mol. The van der Waals surface area contributed by atoms with Crippen LogP contribution in [0.2, 0.25) is 0 Å². The lowest BCUT2D eigenvalue weighted by molar-refractivity contribution is 0.0942. The van der Waals surface area contributed by atoms with Crippen molar-refractivity contribution in [3.8, 4) is 11.3 Å². The van der Waals surface area contributed by atoms with Gasteiger partial charge in [-0.1, -0.05) is 60.7 Å². The fourth-order valence-corrected chi connectivity index (χ4v) is 4.53. The molecule has 8 heteroatoms. The Bertz CT molecular complexity index is 1250. The van der Waals surface area contributed by atoms with E-state index in [0.717, 1.165) is 53.2 Å². The molecule has 0 saturated carbocycles. The van der Waals surface area contributed by atoms with Gasteiger partial charge < -0.3 is 10.4 Å². The van der Waals surface area contributed by atoms with Gasteiger partial charge in [-0.3, -0.25) is 19.5 Å². The Labute approximate surface area is 198 Å². The molecule has 1 amide bonds. The first-order valence-corrected chi connectivity index (χ1v) is 11.5. The minimum Gasteiger partial charge on any atom is -0.394 e. The van der Waals surface area contributed by atoms with Gasteiger partial charge in [0.15, 0.2) is 5.69 Å². The van der Waals surface area contributed by atoms with Crippen LogP contribution in [0.15, 0.2) is 66.9 Å². The third kappa shape index (κ3) is 4.64. The molecule has 174 valence electrons. The molecule has 0 radical (unpaired) electrons. The molecule has 2 aromatic carbocycles. The summed E-state index contributed by atoms with van der Waals surface area (Å²) in [4.78, 5) is 15.4. The second-order valence-electron chi connectivity index (χ2n) is 8.49. The average Bonchev–Trinajstić information content (AvgIpc) is 3.49. The molecule has 0 unspecified atom stereocenters. The summed E-state index contributed by atoms with van der Waals surface area (Å²) >= 11 is 0. The molecule has 5 rings (SSSR count). The Morgan fingerprint density at radius 3 is 2.62 bits per heavy atom. The third-order valence-corrected chi connectivity index (χ3v) is 6.21. The Balaban J connectivity index is 1.35. The van der Waals surface area contributed by atoms with E-state index in [1.165, 1.54) is 0 Å². The largest absolute Gasteiger partial charge is 0.394 e. The minimum absolute atomic E-state index is 0.0155. The fourth-order valence-electron chi connectivity index (χ4n) is 4.53. The van der Waals surface area contributed by atoms with Crippen molar-refractivity contribution in [2.75, 3.05) is 13.2 Å². The third-order valence-electron chi connectivity index (χ3n) is 6.21. The maximum atomic E-state index is 13.1. The summed E-state index contributed by atoms with van der Waals surface area (Å²) in [7, 11) is 0. The lowest BCUT2D eigenvalue weighted by Crippen LogP contribution is -2.32. The first-order valence-electron chi connectivity index (χ1n) is 11.5. The molecular formula is C26H28N6O2. The number of nitrogens with one attached hydrogen (secondary N) is 2. The Hall–Kier alpha value is -3.75. The number of aromatic amines is 1. The van der Waals surface area contributed by atoms with E-state index >= 15 is 0 Å². The van der Waals surface area contributed by atoms with Gasteiger partial charge in [0, 0.05) is 49.4 Å². The van der Waals surface area contributed by atoms with Crippen molar-refractivity contribution in [3.63, 3.8) is 0 Å². The van der Waals surface area contributed by atoms with Gasteiger partial charge in [-0.2, -0.15) is 10.2 Å². The molecule has 3 heterocycles. The van der Waals surface area contributed by atoms with Crippen LogP contribution >= 0.6 is 0 Å². The van der Waals surface area contributed by atoms with Crippen LogP contribution < -0.4 is 5.32 Å². The number of nitrogens with zero attached hydrogens (tertiary/aromatic N) is 4. The van der Waals surface area contributed by atoms with Gasteiger partial charge in [0.2, 0.25) is 0 Å². The van der Waals surface area contributed by atoms with E-state index < -0.39 is 0 Å². The molecule has 0 spiro atoms. The van der Waals surface area contributed by atoms with E-state index in [1.54, 1.807) is 4.68 Å². The highest BCUT2D eigenvalue weighted by molar-refractivity contribution is 5.94. The van der Waals surface area contributed by atoms with Crippen LogP contribution in [0.25, 0.3) is 11.3 Å². The van der Waals surface area contributed by atoms with Crippen LogP contribution in [0.4, 0.5) is 0 Å². The smallest absolute Gasteiger partial charge is 0.272 e. The molecule has 2 aromatic heterocycles. The molecule has 1 aliphatic rings. The number of hydrogen-bond donors (Lipinski definition) is 3. The van der Waals surface area contributed by atoms with Crippen molar-refractivity contribution in [1.82, 2.24) is 30.2 Å². The second kappa shape index (κ2) is 10.0. The van der Waals surface area contributed by atoms with E-state index in [-0.39, 0.29) is 12.5 Å². The SMILES string of the molecule is O=C(NCc1ccccc1)c1nn(CCO)c2c1CN(Cc1cn[nH]c1-c1ccccc1)CC2. The highest BCUT2D eigenvalue weighted by atomic mass is 16.3. The average molecular weight is 457 g/mol. The molecule has 1 aliphatic heterocycles. The van der Waals surface area contributed by atoms with Crippen molar-refractivity contribution in [2.45, 2.75) is 32.6 Å². The lowest BCUT2D eigenvalue weighted by atomic mass is 10.0. The standard InChI is InChI=1S/C26H28N6O2/c33-14-13-32-23-11-12-31(17-21-16-28-29-24(21)20-9-5-2-6-10-20)18-22(23)25(30-32)26(34)27-15-19-7-3-1-4-8-19/h1-10,16,33H,11-15,17-18H2,(H,27,34)(H,28,29). The molecule has 8 nitrogen and oxygen atoms in total. The quantitative estimate of drug-likeness (QED) is 0.379. The van der Waals surface area contributed by atoms with Gasteiger partial charge in [-0.25, -0.2) is 0 Å². The van der Waals surface area contributed by atoms with E-state index in [9.17, 15) is 9.90 Å². The zero-order chi connectivity index (χ0) is 23.3. The number of aliphatic hydroxyl groups excluding tert-OH is 1. The zero-order valence-electron chi connectivity index (χ0n) is 18.9. The van der Waals surface area contributed by atoms with Crippen LogP contribution in [0.5, 0.6) is 0 Å². The summed E-state index contributed by atoms with van der Waals surface area (Å²) < 4.78 is 1.79.